The van der Waals surface area contributed by atoms with E-state index in [9.17, 15) is 15.1 Å². The van der Waals surface area contributed by atoms with Crippen molar-refractivity contribution < 1.29 is 19.8 Å². The number of nitrogens with zero attached hydrogens (tertiary/aromatic N) is 2. The zero-order valence-corrected chi connectivity index (χ0v) is 21.1. The van der Waals surface area contributed by atoms with Crippen LogP contribution < -0.4 is 10.2 Å². The largest absolute Gasteiger partial charge is 0.497 e. The number of carbonyl (C=O) groups is 1. The Morgan fingerprint density at radius 3 is 2.68 bits per heavy atom. The maximum absolute atomic E-state index is 12.7. The third-order valence-electron chi connectivity index (χ3n) is 7.27. The summed E-state index contributed by atoms with van der Waals surface area (Å²) in [6, 6.07) is 5.47. The van der Waals surface area contributed by atoms with Crippen LogP contribution >= 0.6 is 11.6 Å². The number of halogens is 1. The van der Waals surface area contributed by atoms with E-state index in [2.05, 4.69) is 16.8 Å². The van der Waals surface area contributed by atoms with Gasteiger partial charge in [-0.3, -0.25) is 15.0 Å². The van der Waals surface area contributed by atoms with Gasteiger partial charge in [-0.15, -0.1) is 0 Å². The molecule has 1 aliphatic rings. The van der Waals surface area contributed by atoms with Crippen LogP contribution in [-0.2, 0) is 4.79 Å². The number of unbranched alkanes of at least 4 members (excludes halogenated alkanes) is 4. The van der Waals surface area contributed by atoms with E-state index in [0.29, 0.717) is 47.5 Å². The third kappa shape index (κ3) is 6.39. The molecule has 8 heteroatoms. The van der Waals surface area contributed by atoms with Gasteiger partial charge in [0.25, 0.3) is 0 Å². The Hall–Kier alpha value is -1.93. The highest BCUT2D eigenvalue weighted by Crippen LogP contribution is 2.41. The first kappa shape index (κ1) is 26.7. The monoisotopic (exact) mass is 491 g/mol. The Morgan fingerprint density at radius 1 is 1.26 bits per heavy atom. The molecule has 3 N–H and O–H groups in total. The van der Waals surface area contributed by atoms with Crippen LogP contribution in [0.1, 0.15) is 76.4 Å². The number of fused-ring (bicyclic) bond motifs is 1. The molecule has 2 aromatic rings. The first-order chi connectivity index (χ1) is 16.4. The predicted octanol–water partition coefficient (Wildman–Crippen LogP) is 5.27. The van der Waals surface area contributed by atoms with E-state index in [1.165, 1.54) is 32.1 Å². The van der Waals surface area contributed by atoms with Gasteiger partial charge in [0.15, 0.2) is 0 Å². The summed E-state index contributed by atoms with van der Waals surface area (Å²) in [4.78, 5) is 19.5. The lowest BCUT2D eigenvalue weighted by Crippen LogP contribution is -2.48. The van der Waals surface area contributed by atoms with E-state index >= 15 is 0 Å². The highest BCUT2D eigenvalue weighted by atomic mass is 35.5. The number of pyridine rings is 1. The second kappa shape index (κ2) is 12.7. The summed E-state index contributed by atoms with van der Waals surface area (Å²) in [7, 11) is 1.59. The topological polar surface area (TPSA) is 94.9 Å². The lowest BCUT2D eigenvalue weighted by Gasteiger charge is -2.40. The molecular formula is C26H38ClN3O4. The summed E-state index contributed by atoms with van der Waals surface area (Å²) in [5.74, 6) is 0.290. The molecule has 0 spiro atoms. The molecule has 1 saturated heterocycles. The standard InChI is InChI=1S/C26H38ClN3O4/c1-3-4-5-6-7-14-30-15-12-26(13-16-30,25(32)29-33)11-10-23(31)24-20-17-19(34-2)8-9-22(20)28-18-21(24)27/h8-9,17-18,23,31,33H,3-7,10-16H2,1-2H3,(H,29,32)/t23-/m1/s1. The van der Waals surface area contributed by atoms with E-state index in [1.807, 2.05) is 23.7 Å². The van der Waals surface area contributed by atoms with Gasteiger partial charge in [-0.25, -0.2) is 5.48 Å². The van der Waals surface area contributed by atoms with Crippen LogP contribution in [0.4, 0.5) is 0 Å². The number of carbonyl (C=O) groups excluding carboxylic acids is 1. The fourth-order valence-corrected chi connectivity index (χ4v) is 5.32. The van der Waals surface area contributed by atoms with Gasteiger partial charge in [-0.2, -0.15) is 0 Å². The van der Waals surface area contributed by atoms with Gasteiger partial charge in [0.05, 0.1) is 29.2 Å². The number of piperidine rings is 1. The van der Waals surface area contributed by atoms with Crippen molar-refractivity contribution in [1.29, 1.82) is 0 Å². The quantitative estimate of drug-likeness (QED) is 0.213. The molecule has 0 aliphatic carbocycles. The van der Waals surface area contributed by atoms with E-state index in [1.54, 1.807) is 13.3 Å². The number of ether oxygens (including phenoxy) is 1. The molecule has 2 heterocycles. The van der Waals surface area contributed by atoms with Crippen LogP contribution in [0.5, 0.6) is 5.75 Å². The number of rotatable bonds is 12. The molecule has 1 aromatic heterocycles. The maximum atomic E-state index is 12.7. The number of likely N-dealkylation sites (tertiary alicyclic amines) is 1. The molecule has 1 aromatic carbocycles. The van der Waals surface area contributed by atoms with Crippen LogP contribution in [0, 0.1) is 5.41 Å². The van der Waals surface area contributed by atoms with Crippen LogP contribution in [0.25, 0.3) is 10.9 Å². The average Bonchev–Trinajstić information content (AvgIpc) is 2.87. The van der Waals surface area contributed by atoms with Crippen molar-refractivity contribution in [1.82, 2.24) is 15.4 Å². The van der Waals surface area contributed by atoms with E-state index < -0.39 is 11.5 Å². The van der Waals surface area contributed by atoms with Gasteiger partial charge in [-0.05, 0) is 69.9 Å². The van der Waals surface area contributed by atoms with Crippen molar-refractivity contribution >= 4 is 28.4 Å². The molecule has 0 radical (unpaired) electrons. The van der Waals surface area contributed by atoms with Crippen LogP contribution in [0.2, 0.25) is 5.02 Å². The Labute approximate surface area is 207 Å². The van der Waals surface area contributed by atoms with E-state index in [-0.39, 0.29) is 5.91 Å². The summed E-state index contributed by atoms with van der Waals surface area (Å²) < 4.78 is 5.33. The molecular weight excluding hydrogens is 454 g/mol. The first-order valence-electron chi connectivity index (χ1n) is 12.4. The number of methoxy groups -OCH3 is 1. The Bertz CT molecular complexity index is 947. The molecule has 1 atom stereocenters. The Morgan fingerprint density at radius 2 is 2.00 bits per heavy atom. The zero-order chi connectivity index (χ0) is 24.6. The lowest BCUT2D eigenvalue weighted by atomic mass is 9.73. The number of hydroxylamine groups is 1. The van der Waals surface area contributed by atoms with E-state index in [0.717, 1.165) is 25.0 Å². The number of aliphatic hydroxyl groups is 1. The summed E-state index contributed by atoms with van der Waals surface area (Å²) in [6.45, 7) is 4.89. The second-order valence-corrected chi connectivity index (χ2v) is 9.84. The van der Waals surface area contributed by atoms with Gasteiger partial charge < -0.3 is 14.7 Å². The molecule has 34 heavy (non-hydrogen) atoms. The molecule has 0 unspecified atom stereocenters. The zero-order valence-electron chi connectivity index (χ0n) is 20.4. The SMILES string of the molecule is CCCCCCCN1CCC(CC[C@@H](O)c2c(Cl)cnc3ccc(OC)cc23)(C(=O)NO)CC1. The molecule has 188 valence electrons. The maximum Gasteiger partial charge on any atom is 0.249 e. The molecule has 1 fully saturated rings. The number of nitrogens with one attached hydrogen (secondary N) is 1. The number of amides is 1. The molecule has 1 amide bonds. The minimum Gasteiger partial charge on any atom is -0.497 e. The second-order valence-electron chi connectivity index (χ2n) is 9.43. The van der Waals surface area contributed by atoms with Crippen LogP contribution in [0.15, 0.2) is 24.4 Å². The highest BCUT2D eigenvalue weighted by molar-refractivity contribution is 6.32. The van der Waals surface area contributed by atoms with Crippen molar-refractivity contribution in [2.24, 2.45) is 5.41 Å². The highest BCUT2D eigenvalue weighted by Gasteiger charge is 2.41. The smallest absolute Gasteiger partial charge is 0.249 e. The van der Waals surface area contributed by atoms with Crippen LogP contribution in [0.3, 0.4) is 0 Å². The number of benzene rings is 1. The number of aromatic nitrogens is 1. The van der Waals surface area contributed by atoms with E-state index in [4.69, 9.17) is 16.3 Å². The fourth-order valence-electron chi connectivity index (χ4n) is 5.04. The minimum absolute atomic E-state index is 0.348. The molecule has 1 aliphatic heterocycles. The molecule has 0 bridgehead atoms. The average molecular weight is 492 g/mol. The summed E-state index contributed by atoms with van der Waals surface area (Å²) in [5.41, 5.74) is 2.49. The summed E-state index contributed by atoms with van der Waals surface area (Å²) >= 11 is 6.45. The van der Waals surface area contributed by atoms with Gasteiger partial charge >= 0.3 is 0 Å². The summed E-state index contributed by atoms with van der Waals surface area (Å²) in [6.07, 6.45) is 8.99. The van der Waals surface area contributed by atoms with Crippen molar-refractivity contribution in [2.75, 3.05) is 26.7 Å². The summed E-state index contributed by atoms with van der Waals surface area (Å²) in [5, 5.41) is 21.7. The van der Waals surface area contributed by atoms with Gasteiger partial charge in [0.1, 0.15) is 5.75 Å². The van der Waals surface area contributed by atoms with Gasteiger partial charge in [0, 0.05) is 17.1 Å². The number of aliphatic hydroxyl groups excluding tert-OH is 1. The van der Waals surface area contributed by atoms with Crippen molar-refractivity contribution in [3.05, 3.63) is 35.0 Å². The minimum atomic E-state index is -0.870. The third-order valence-corrected chi connectivity index (χ3v) is 7.57. The van der Waals surface area contributed by atoms with Gasteiger partial charge in [-0.1, -0.05) is 44.2 Å². The van der Waals surface area contributed by atoms with Crippen molar-refractivity contribution in [2.45, 2.75) is 70.8 Å². The van der Waals surface area contributed by atoms with Crippen molar-refractivity contribution in [3.8, 4) is 5.75 Å². The fraction of sp³-hybridized carbons (Fsp3) is 0.615. The Kier molecular flexibility index (Phi) is 9.95. The van der Waals surface area contributed by atoms with Crippen molar-refractivity contribution in [3.63, 3.8) is 0 Å². The Balaban J connectivity index is 1.67. The number of hydrogen-bond donors (Lipinski definition) is 3. The predicted molar refractivity (Wildman–Crippen MR) is 134 cm³/mol. The normalized spacial score (nSPS) is 17.0. The molecule has 7 nitrogen and oxygen atoms in total. The number of hydrogen-bond acceptors (Lipinski definition) is 6. The van der Waals surface area contributed by atoms with Gasteiger partial charge in [0.2, 0.25) is 5.91 Å². The molecule has 0 saturated carbocycles. The molecule has 3 rings (SSSR count). The lowest BCUT2D eigenvalue weighted by molar-refractivity contribution is -0.143. The van der Waals surface area contributed by atoms with Crippen LogP contribution in [-0.4, -0.2) is 52.8 Å². The first-order valence-corrected chi connectivity index (χ1v) is 12.8.